The van der Waals surface area contributed by atoms with Crippen LogP contribution >= 0.6 is 0 Å². The van der Waals surface area contributed by atoms with Crippen LogP contribution in [0.25, 0.3) is 10.9 Å². The molecule has 1 aromatic carbocycles. The lowest BCUT2D eigenvalue weighted by atomic mass is 10.1. The van der Waals surface area contributed by atoms with Gasteiger partial charge in [-0.3, -0.25) is 4.98 Å². The third-order valence-corrected chi connectivity index (χ3v) is 2.71. The first kappa shape index (κ1) is 12.8. The van der Waals surface area contributed by atoms with Crippen LogP contribution in [0.3, 0.4) is 0 Å². The Labute approximate surface area is 103 Å². The maximum absolute atomic E-state index is 12.6. The second-order valence-corrected chi connectivity index (χ2v) is 4.10. The van der Waals surface area contributed by atoms with Crippen LogP contribution in [-0.4, -0.2) is 11.5 Å². The van der Waals surface area contributed by atoms with E-state index in [2.05, 4.69) is 4.98 Å². The molecule has 0 amide bonds. The van der Waals surface area contributed by atoms with E-state index in [1.54, 1.807) is 6.07 Å². The van der Waals surface area contributed by atoms with E-state index >= 15 is 0 Å². The molecule has 0 saturated carbocycles. The van der Waals surface area contributed by atoms with Crippen molar-refractivity contribution in [2.75, 3.05) is 6.54 Å². The SMILES string of the molecule is NCCCc1ccc2ccc(C(F)(F)F)cc2n1. The summed E-state index contributed by atoms with van der Waals surface area (Å²) in [6, 6.07) is 7.21. The van der Waals surface area contributed by atoms with Crippen molar-refractivity contribution in [1.29, 1.82) is 0 Å². The summed E-state index contributed by atoms with van der Waals surface area (Å²) in [6.45, 7) is 0.544. The second-order valence-electron chi connectivity index (χ2n) is 4.10. The number of fused-ring (bicyclic) bond motifs is 1. The van der Waals surface area contributed by atoms with Gasteiger partial charge in [0.1, 0.15) is 0 Å². The normalized spacial score (nSPS) is 12.0. The Morgan fingerprint density at radius 2 is 1.83 bits per heavy atom. The number of aryl methyl sites for hydroxylation is 1. The van der Waals surface area contributed by atoms with Crippen molar-refractivity contribution < 1.29 is 13.2 Å². The van der Waals surface area contributed by atoms with Crippen molar-refractivity contribution in [2.45, 2.75) is 19.0 Å². The van der Waals surface area contributed by atoms with Gasteiger partial charge >= 0.3 is 6.18 Å². The maximum Gasteiger partial charge on any atom is 0.416 e. The molecule has 0 aliphatic carbocycles. The average Bonchev–Trinajstić information content (AvgIpc) is 2.34. The molecule has 2 aromatic rings. The van der Waals surface area contributed by atoms with Crippen molar-refractivity contribution in [3.8, 4) is 0 Å². The summed E-state index contributed by atoms with van der Waals surface area (Å²) in [5.74, 6) is 0. The number of nitrogens with two attached hydrogens (primary N) is 1. The maximum atomic E-state index is 12.6. The molecule has 0 aliphatic rings. The summed E-state index contributed by atoms with van der Waals surface area (Å²) in [5.41, 5.74) is 5.87. The van der Waals surface area contributed by atoms with Gasteiger partial charge in [-0.1, -0.05) is 12.1 Å². The highest BCUT2D eigenvalue weighted by Gasteiger charge is 2.30. The molecule has 5 heteroatoms. The molecule has 2 nitrogen and oxygen atoms in total. The Morgan fingerprint density at radius 3 is 2.50 bits per heavy atom. The highest BCUT2D eigenvalue weighted by molar-refractivity contribution is 5.79. The number of hydrogen-bond donors (Lipinski definition) is 1. The van der Waals surface area contributed by atoms with Crippen molar-refractivity contribution in [3.05, 3.63) is 41.6 Å². The first-order valence-electron chi connectivity index (χ1n) is 5.67. The Morgan fingerprint density at radius 1 is 1.11 bits per heavy atom. The van der Waals surface area contributed by atoms with Crippen LogP contribution in [0.4, 0.5) is 13.2 Å². The molecule has 0 fully saturated rings. The number of alkyl halides is 3. The van der Waals surface area contributed by atoms with Gasteiger partial charge in [-0.2, -0.15) is 13.2 Å². The van der Waals surface area contributed by atoms with Gasteiger partial charge in [-0.05, 0) is 37.6 Å². The second kappa shape index (κ2) is 4.94. The zero-order chi connectivity index (χ0) is 13.2. The lowest BCUT2D eigenvalue weighted by molar-refractivity contribution is -0.137. The largest absolute Gasteiger partial charge is 0.416 e. The Hall–Kier alpha value is -1.62. The van der Waals surface area contributed by atoms with E-state index in [1.807, 2.05) is 6.07 Å². The standard InChI is InChI=1S/C13H13F3N2/c14-13(15,16)10-5-3-9-4-6-11(2-1-7-17)18-12(9)8-10/h3-6,8H,1-2,7,17H2. The molecule has 18 heavy (non-hydrogen) atoms. The summed E-state index contributed by atoms with van der Waals surface area (Å²) in [5, 5.41) is 0.708. The van der Waals surface area contributed by atoms with Gasteiger partial charge in [0, 0.05) is 11.1 Å². The fourth-order valence-electron chi connectivity index (χ4n) is 1.76. The summed E-state index contributed by atoms with van der Waals surface area (Å²) in [6.07, 6.45) is -2.87. The number of rotatable bonds is 3. The number of pyridine rings is 1. The highest BCUT2D eigenvalue weighted by Crippen LogP contribution is 2.30. The van der Waals surface area contributed by atoms with E-state index < -0.39 is 11.7 Å². The topological polar surface area (TPSA) is 38.9 Å². The molecule has 0 aliphatic heterocycles. The number of aromatic nitrogens is 1. The molecule has 96 valence electrons. The zero-order valence-corrected chi connectivity index (χ0v) is 9.67. The van der Waals surface area contributed by atoms with Crippen LogP contribution in [0.15, 0.2) is 30.3 Å². The number of hydrogen-bond acceptors (Lipinski definition) is 2. The molecule has 0 atom stereocenters. The summed E-state index contributed by atoms with van der Waals surface area (Å²) in [4.78, 5) is 4.23. The molecular formula is C13H13F3N2. The quantitative estimate of drug-likeness (QED) is 0.913. The van der Waals surface area contributed by atoms with E-state index in [1.165, 1.54) is 6.07 Å². The Bertz CT molecular complexity index is 549. The van der Waals surface area contributed by atoms with Crippen LogP contribution in [0.2, 0.25) is 0 Å². The van der Waals surface area contributed by atoms with Gasteiger partial charge in [0.05, 0.1) is 11.1 Å². The van der Waals surface area contributed by atoms with Crippen LogP contribution < -0.4 is 5.73 Å². The molecule has 0 saturated heterocycles. The molecule has 1 aromatic heterocycles. The lowest BCUT2D eigenvalue weighted by Crippen LogP contribution is -2.05. The van der Waals surface area contributed by atoms with Gasteiger partial charge in [0.25, 0.3) is 0 Å². The van der Waals surface area contributed by atoms with E-state index in [0.29, 0.717) is 23.9 Å². The fourth-order valence-corrected chi connectivity index (χ4v) is 1.76. The van der Waals surface area contributed by atoms with Crippen LogP contribution in [-0.2, 0) is 12.6 Å². The summed E-state index contributed by atoms with van der Waals surface area (Å²) in [7, 11) is 0. The smallest absolute Gasteiger partial charge is 0.330 e. The van der Waals surface area contributed by atoms with E-state index in [4.69, 9.17) is 5.73 Å². The van der Waals surface area contributed by atoms with Gasteiger partial charge < -0.3 is 5.73 Å². The van der Waals surface area contributed by atoms with Gasteiger partial charge in [-0.25, -0.2) is 0 Å². The van der Waals surface area contributed by atoms with Gasteiger partial charge in [0.15, 0.2) is 0 Å². The lowest BCUT2D eigenvalue weighted by Gasteiger charge is -2.08. The fraction of sp³-hybridized carbons (Fsp3) is 0.308. The van der Waals surface area contributed by atoms with Crippen LogP contribution in [0.1, 0.15) is 17.7 Å². The third kappa shape index (κ3) is 2.79. The molecule has 1 heterocycles. The zero-order valence-electron chi connectivity index (χ0n) is 9.67. The minimum atomic E-state index is -4.33. The van der Waals surface area contributed by atoms with Crippen molar-refractivity contribution >= 4 is 10.9 Å². The number of benzene rings is 1. The average molecular weight is 254 g/mol. The molecule has 0 bridgehead atoms. The van der Waals surface area contributed by atoms with Gasteiger partial charge in [0.2, 0.25) is 0 Å². The van der Waals surface area contributed by atoms with Crippen molar-refractivity contribution in [1.82, 2.24) is 4.98 Å². The van der Waals surface area contributed by atoms with Crippen molar-refractivity contribution in [2.24, 2.45) is 5.73 Å². The molecule has 2 rings (SSSR count). The monoisotopic (exact) mass is 254 g/mol. The van der Waals surface area contributed by atoms with E-state index in [0.717, 1.165) is 24.2 Å². The predicted octanol–water partition coefficient (Wildman–Crippen LogP) is 3.14. The Balaban J connectivity index is 2.40. The molecule has 0 unspecified atom stereocenters. The summed E-state index contributed by atoms with van der Waals surface area (Å²) >= 11 is 0. The minimum Gasteiger partial charge on any atom is -0.330 e. The first-order valence-corrected chi connectivity index (χ1v) is 5.67. The number of halogens is 3. The number of nitrogens with zero attached hydrogens (tertiary/aromatic N) is 1. The third-order valence-electron chi connectivity index (χ3n) is 2.71. The first-order chi connectivity index (χ1) is 8.50. The molecule has 0 radical (unpaired) electrons. The van der Waals surface area contributed by atoms with Crippen LogP contribution in [0.5, 0.6) is 0 Å². The molecule has 0 spiro atoms. The predicted molar refractivity (Wildman–Crippen MR) is 64.1 cm³/mol. The van der Waals surface area contributed by atoms with Crippen molar-refractivity contribution in [3.63, 3.8) is 0 Å². The van der Waals surface area contributed by atoms with E-state index in [-0.39, 0.29) is 0 Å². The van der Waals surface area contributed by atoms with E-state index in [9.17, 15) is 13.2 Å². The van der Waals surface area contributed by atoms with Crippen LogP contribution in [0, 0.1) is 0 Å². The summed E-state index contributed by atoms with van der Waals surface area (Å²) < 4.78 is 37.7. The highest BCUT2D eigenvalue weighted by atomic mass is 19.4. The minimum absolute atomic E-state index is 0.374. The Kier molecular flexibility index (Phi) is 3.52. The van der Waals surface area contributed by atoms with Gasteiger partial charge in [-0.15, -0.1) is 0 Å². The molecule has 2 N–H and O–H groups in total. The molecular weight excluding hydrogens is 241 g/mol.